The van der Waals surface area contributed by atoms with Crippen molar-refractivity contribution in [3.8, 4) is 0 Å². The van der Waals surface area contributed by atoms with Gasteiger partial charge in [0, 0.05) is 6.07 Å². The molecule has 0 aliphatic rings. The molecule has 0 spiro atoms. The summed E-state index contributed by atoms with van der Waals surface area (Å²) < 4.78 is 0. The van der Waals surface area contributed by atoms with E-state index in [-0.39, 0.29) is 5.95 Å². The predicted octanol–water partition coefficient (Wildman–Crippen LogP) is -0.0795. The van der Waals surface area contributed by atoms with Crippen molar-refractivity contribution in [1.82, 2.24) is 25.1 Å². The van der Waals surface area contributed by atoms with Gasteiger partial charge in [-0.25, -0.2) is 9.97 Å². The number of nitrogen functional groups attached to an aromatic ring is 1. The maximum Gasteiger partial charge on any atom is 0.233 e. The fraction of sp³-hybridized carbons (Fsp3) is 0. The van der Waals surface area contributed by atoms with Crippen LogP contribution in [0.15, 0.2) is 18.6 Å². The zero-order valence-electron chi connectivity index (χ0n) is 6.60. The number of nitrogens with one attached hydrogen (secondary N) is 2. The molecular weight excluding hydrogens is 170 g/mol. The fourth-order valence-corrected chi connectivity index (χ4v) is 0.815. The van der Waals surface area contributed by atoms with Crippen molar-refractivity contribution >= 4 is 17.7 Å². The second-order valence-corrected chi connectivity index (χ2v) is 2.26. The summed E-state index contributed by atoms with van der Waals surface area (Å²) in [7, 11) is 0. The zero-order valence-corrected chi connectivity index (χ0v) is 6.60. The first-order valence-electron chi connectivity index (χ1n) is 3.55. The molecule has 7 nitrogen and oxygen atoms in total. The molecule has 0 saturated carbocycles. The van der Waals surface area contributed by atoms with E-state index in [0.29, 0.717) is 11.8 Å². The molecule has 0 radical (unpaired) electrons. The third-order valence-electron chi connectivity index (χ3n) is 1.34. The number of nitrogens with zero attached hydrogens (tertiary/aromatic N) is 4. The lowest BCUT2D eigenvalue weighted by atomic mass is 10.6. The van der Waals surface area contributed by atoms with Gasteiger partial charge in [-0.15, -0.1) is 0 Å². The van der Waals surface area contributed by atoms with Gasteiger partial charge in [-0.1, -0.05) is 0 Å². The first-order chi connectivity index (χ1) is 6.34. The lowest BCUT2D eigenvalue weighted by Crippen LogP contribution is -2.01. The average Bonchev–Trinajstić information content (AvgIpc) is 2.57. The van der Waals surface area contributed by atoms with Crippen LogP contribution in [0.4, 0.5) is 17.7 Å². The lowest BCUT2D eigenvalue weighted by molar-refractivity contribution is 1.05. The Kier molecular flexibility index (Phi) is 1.75. The Balaban J connectivity index is 2.19. The summed E-state index contributed by atoms with van der Waals surface area (Å²) in [5.41, 5.74) is 5.36. The van der Waals surface area contributed by atoms with Gasteiger partial charge in [0.05, 0.1) is 6.20 Å². The third-order valence-corrected chi connectivity index (χ3v) is 1.34. The van der Waals surface area contributed by atoms with Crippen LogP contribution < -0.4 is 11.1 Å². The Hall–Kier alpha value is -2.18. The number of aromatic amines is 1. The molecule has 0 aliphatic heterocycles. The van der Waals surface area contributed by atoms with Crippen molar-refractivity contribution in [1.29, 1.82) is 0 Å². The summed E-state index contributed by atoms with van der Waals surface area (Å²) in [6.45, 7) is 0. The topological polar surface area (TPSA) is 105 Å². The van der Waals surface area contributed by atoms with Crippen LogP contribution in [0.25, 0.3) is 0 Å². The van der Waals surface area contributed by atoms with Crippen molar-refractivity contribution < 1.29 is 0 Å². The number of hydrogen-bond donors (Lipinski definition) is 3. The van der Waals surface area contributed by atoms with Crippen molar-refractivity contribution in [2.24, 2.45) is 0 Å². The van der Waals surface area contributed by atoms with E-state index in [1.54, 1.807) is 12.3 Å². The molecule has 0 amide bonds. The van der Waals surface area contributed by atoms with Gasteiger partial charge in [0.1, 0.15) is 12.1 Å². The molecule has 66 valence electrons. The maximum absolute atomic E-state index is 5.36. The predicted molar refractivity (Wildman–Crippen MR) is 46.1 cm³/mol. The van der Waals surface area contributed by atoms with E-state index >= 15 is 0 Å². The van der Waals surface area contributed by atoms with Gasteiger partial charge in [0.2, 0.25) is 11.9 Å². The van der Waals surface area contributed by atoms with Crippen LogP contribution in [-0.2, 0) is 0 Å². The minimum atomic E-state index is 0.178. The maximum atomic E-state index is 5.36. The fourth-order valence-electron chi connectivity index (χ4n) is 0.815. The van der Waals surface area contributed by atoms with E-state index in [4.69, 9.17) is 5.73 Å². The first kappa shape index (κ1) is 7.47. The smallest absolute Gasteiger partial charge is 0.233 e. The number of anilines is 3. The van der Waals surface area contributed by atoms with E-state index in [9.17, 15) is 0 Å². The Bertz CT molecular complexity index is 382. The molecule has 2 heterocycles. The van der Waals surface area contributed by atoms with Crippen LogP contribution in [0.2, 0.25) is 0 Å². The normalized spacial score (nSPS) is 9.85. The lowest BCUT2D eigenvalue weighted by Gasteiger charge is -1.99. The molecule has 2 aromatic heterocycles. The summed E-state index contributed by atoms with van der Waals surface area (Å²) in [5.74, 6) is 1.26. The Morgan fingerprint density at radius 3 is 3.00 bits per heavy atom. The Labute approximate surface area is 73.4 Å². The second-order valence-electron chi connectivity index (χ2n) is 2.26. The van der Waals surface area contributed by atoms with E-state index in [1.807, 2.05) is 0 Å². The van der Waals surface area contributed by atoms with Gasteiger partial charge in [-0.3, -0.25) is 5.10 Å². The molecule has 2 rings (SSSR count). The molecule has 2 aromatic rings. The summed E-state index contributed by atoms with van der Waals surface area (Å²) >= 11 is 0. The highest BCUT2D eigenvalue weighted by molar-refractivity contribution is 5.46. The highest BCUT2D eigenvalue weighted by Gasteiger charge is 1.98. The largest absolute Gasteiger partial charge is 0.368 e. The summed E-state index contributed by atoms with van der Waals surface area (Å²) in [6, 6.07) is 1.75. The molecule has 0 unspecified atom stereocenters. The van der Waals surface area contributed by atoms with Gasteiger partial charge in [-0.05, 0) is 0 Å². The van der Waals surface area contributed by atoms with Gasteiger partial charge in [0.25, 0.3) is 0 Å². The Morgan fingerprint density at radius 1 is 1.38 bits per heavy atom. The molecular formula is C6H7N7. The second kappa shape index (κ2) is 3.05. The van der Waals surface area contributed by atoms with Crippen LogP contribution in [0.5, 0.6) is 0 Å². The van der Waals surface area contributed by atoms with Crippen LogP contribution in [0.1, 0.15) is 0 Å². The van der Waals surface area contributed by atoms with Crippen LogP contribution in [0, 0.1) is 0 Å². The number of rotatable bonds is 2. The van der Waals surface area contributed by atoms with Crippen LogP contribution in [-0.4, -0.2) is 25.1 Å². The monoisotopic (exact) mass is 177 g/mol. The van der Waals surface area contributed by atoms with Crippen LogP contribution in [0.3, 0.4) is 0 Å². The minimum absolute atomic E-state index is 0.178. The molecule has 0 saturated heterocycles. The molecule has 4 N–H and O–H groups in total. The van der Waals surface area contributed by atoms with Gasteiger partial charge < -0.3 is 11.1 Å². The standard InChI is InChI=1S/C6H7N7/c7-5-8-3-9-6(12-5)11-4-1-2-10-13-4/h1-3H,(H4,7,8,9,10,11,12,13). The number of hydrogen-bond acceptors (Lipinski definition) is 6. The Morgan fingerprint density at radius 2 is 2.31 bits per heavy atom. The van der Waals surface area contributed by atoms with Crippen molar-refractivity contribution in [2.75, 3.05) is 11.1 Å². The summed E-state index contributed by atoms with van der Waals surface area (Å²) in [4.78, 5) is 11.4. The van der Waals surface area contributed by atoms with E-state index < -0.39 is 0 Å². The third kappa shape index (κ3) is 1.70. The first-order valence-corrected chi connectivity index (χ1v) is 3.55. The van der Waals surface area contributed by atoms with Crippen molar-refractivity contribution in [3.63, 3.8) is 0 Å². The average molecular weight is 177 g/mol. The number of H-pyrrole nitrogens is 1. The zero-order chi connectivity index (χ0) is 9.10. The van der Waals surface area contributed by atoms with Gasteiger partial charge in [-0.2, -0.15) is 10.1 Å². The molecule has 0 aromatic carbocycles. The van der Waals surface area contributed by atoms with E-state index in [1.165, 1.54) is 6.33 Å². The molecule has 0 atom stereocenters. The molecule has 0 bridgehead atoms. The number of aromatic nitrogens is 5. The highest BCUT2D eigenvalue weighted by atomic mass is 15.2. The molecule has 13 heavy (non-hydrogen) atoms. The van der Waals surface area contributed by atoms with Crippen molar-refractivity contribution in [3.05, 3.63) is 18.6 Å². The van der Waals surface area contributed by atoms with Crippen molar-refractivity contribution in [2.45, 2.75) is 0 Å². The van der Waals surface area contributed by atoms with Crippen LogP contribution >= 0.6 is 0 Å². The SMILES string of the molecule is Nc1ncnc(Nc2ccn[nH]2)n1. The summed E-state index contributed by atoms with van der Waals surface area (Å²) in [5, 5.41) is 9.32. The van der Waals surface area contributed by atoms with Gasteiger partial charge >= 0.3 is 0 Å². The highest BCUT2D eigenvalue weighted by Crippen LogP contribution is 2.06. The summed E-state index contributed by atoms with van der Waals surface area (Å²) in [6.07, 6.45) is 2.95. The number of nitrogens with two attached hydrogens (primary N) is 1. The molecule has 7 heteroatoms. The molecule has 0 aliphatic carbocycles. The van der Waals surface area contributed by atoms with E-state index in [2.05, 4.69) is 30.5 Å². The quantitative estimate of drug-likeness (QED) is 0.592. The van der Waals surface area contributed by atoms with Gasteiger partial charge in [0.15, 0.2) is 0 Å². The van der Waals surface area contributed by atoms with E-state index in [0.717, 1.165) is 0 Å². The minimum Gasteiger partial charge on any atom is -0.368 e. The molecule has 0 fully saturated rings.